The number of benzene rings is 1. The van der Waals surface area contributed by atoms with Gasteiger partial charge in [-0.25, -0.2) is 0 Å². The monoisotopic (exact) mass is 265 g/mol. The van der Waals surface area contributed by atoms with E-state index >= 15 is 0 Å². The molecule has 18 heavy (non-hydrogen) atoms. The summed E-state index contributed by atoms with van der Waals surface area (Å²) in [5.41, 5.74) is 2.03. The van der Waals surface area contributed by atoms with Crippen molar-refractivity contribution in [3.05, 3.63) is 33.9 Å². The van der Waals surface area contributed by atoms with E-state index in [1.54, 1.807) is 23.9 Å². The third kappa shape index (κ3) is 3.01. The van der Waals surface area contributed by atoms with E-state index in [0.29, 0.717) is 0 Å². The molecule has 2 rings (SSSR count). The number of non-ortho nitro benzene ring substituents is 1. The number of rotatable bonds is 4. The first-order chi connectivity index (χ1) is 8.70. The molecular formula is C12H15N3O2S. The fraction of sp³-hybridized carbons (Fsp3) is 0.417. The van der Waals surface area contributed by atoms with Crippen LogP contribution in [-0.2, 0) is 5.75 Å². The zero-order valence-corrected chi connectivity index (χ0v) is 11.0. The number of hydrogen-bond acceptors (Lipinski definition) is 4. The van der Waals surface area contributed by atoms with Gasteiger partial charge in [-0.05, 0) is 18.1 Å². The lowest BCUT2D eigenvalue weighted by Crippen LogP contribution is -2.15. The first-order valence-corrected chi connectivity index (χ1v) is 6.91. The van der Waals surface area contributed by atoms with E-state index in [4.69, 9.17) is 0 Å². The average molecular weight is 265 g/mol. The summed E-state index contributed by atoms with van der Waals surface area (Å²) in [5.74, 6) is 0.731. The van der Waals surface area contributed by atoms with Gasteiger partial charge >= 0.3 is 0 Å². The molecule has 5 nitrogen and oxygen atoms in total. The Bertz CT molecular complexity index is 488. The van der Waals surface area contributed by atoms with Crippen LogP contribution in [0, 0.1) is 10.1 Å². The number of fused-ring (bicyclic) bond motifs is 1. The van der Waals surface area contributed by atoms with Gasteiger partial charge < -0.3 is 5.32 Å². The fourth-order valence-corrected chi connectivity index (χ4v) is 2.55. The molecule has 0 spiro atoms. The van der Waals surface area contributed by atoms with E-state index < -0.39 is 0 Å². The van der Waals surface area contributed by atoms with Crippen LogP contribution < -0.4 is 5.32 Å². The molecular weight excluding hydrogens is 250 g/mol. The van der Waals surface area contributed by atoms with Crippen molar-refractivity contribution in [2.24, 2.45) is 4.99 Å². The average Bonchev–Trinajstić information content (AvgIpc) is 2.38. The van der Waals surface area contributed by atoms with Crippen LogP contribution in [0.4, 0.5) is 11.4 Å². The molecule has 0 radical (unpaired) electrons. The van der Waals surface area contributed by atoms with Crippen molar-refractivity contribution in [2.45, 2.75) is 25.5 Å². The lowest BCUT2D eigenvalue weighted by molar-refractivity contribution is -0.384. The summed E-state index contributed by atoms with van der Waals surface area (Å²) in [6, 6.07) is 4.90. The lowest BCUT2D eigenvalue weighted by atomic mass is 10.2. The molecule has 1 aromatic carbocycles. The molecule has 0 atom stereocenters. The zero-order chi connectivity index (χ0) is 13.0. The summed E-state index contributed by atoms with van der Waals surface area (Å²) in [5, 5.41) is 14.8. The summed E-state index contributed by atoms with van der Waals surface area (Å²) in [6.07, 6.45) is 2.21. The van der Waals surface area contributed by atoms with Crippen LogP contribution in [-0.4, -0.2) is 16.6 Å². The molecule has 0 aliphatic carbocycles. The predicted molar refractivity (Wildman–Crippen MR) is 75.2 cm³/mol. The summed E-state index contributed by atoms with van der Waals surface area (Å²) in [7, 11) is 0. The van der Waals surface area contributed by atoms with E-state index in [-0.39, 0.29) is 10.6 Å². The minimum atomic E-state index is -0.365. The predicted octanol–water partition coefficient (Wildman–Crippen LogP) is 3.41. The number of nitro benzene ring substituents is 1. The van der Waals surface area contributed by atoms with E-state index in [2.05, 4.69) is 17.2 Å². The van der Waals surface area contributed by atoms with Crippen LogP contribution in [0.25, 0.3) is 0 Å². The van der Waals surface area contributed by atoms with Crippen LogP contribution in [0.3, 0.4) is 0 Å². The molecule has 1 aromatic rings. The molecule has 0 unspecified atom stereocenters. The molecule has 0 saturated heterocycles. The lowest BCUT2D eigenvalue weighted by Gasteiger charge is -2.18. The highest BCUT2D eigenvalue weighted by molar-refractivity contribution is 8.13. The van der Waals surface area contributed by atoms with Gasteiger partial charge in [-0.2, -0.15) is 0 Å². The molecule has 0 amide bonds. The van der Waals surface area contributed by atoms with Crippen molar-refractivity contribution in [2.75, 3.05) is 11.9 Å². The highest BCUT2D eigenvalue weighted by atomic mass is 32.2. The Morgan fingerprint density at radius 2 is 2.39 bits per heavy atom. The van der Waals surface area contributed by atoms with Gasteiger partial charge in [0.1, 0.15) is 0 Å². The maximum absolute atomic E-state index is 10.7. The smallest absolute Gasteiger partial charge is 0.269 e. The minimum Gasteiger partial charge on any atom is -0.335 e. The molecule has 1 aliphatic heterocycles. The quantitative estimate of drug-likeness (QED) is 0.514. The number of thioether (sulfide) groups is 1. The van der Waals surface area contributed by atoms with E-state index in [1.165, 1.54) is 6.07 Å². The van der Waals surface area contributed by atoms with Crippen molar-refractivity contribution in [1.82, 2.24) is 0 Å². The summed E-state index contributed by atoms with van der Waals surface area (Å²) in [6.45, 7) is 2.96. The maximum atomic E-state index is 10.7. The normalized spacial score (nSPS) is 16.2. The van der Waals surface area contributed by atoms with Gasteiger partial charge in [-0.3, -0.25) is 15.1 Å². The van der Waals surface area contributed by atoms with Crippen molar-refractivity contribution in [3.8, 4) is 0 Å². The SMILES string of the molecule is CCCCN=C1Nc2ccc([N+](=O)[O-])cc2CS1. The Kier molecular flexibility index (Phi) is 4.19. The number of hydrogen-bond donors (Lipinski definition) is 1. The second-order valence-corrected chi connectivity index (χ2v) is 5.02. The molecule has 1 N–H and O–H groups in total. The number of anilines is 1. The van der Waals surface area contributed by atoms with Crippen molar-refractivity contribution >= 4 is 28.3 Å². The van der Waals surface area contributed by atoms with E-state index in [9.17, 15) is 10.1 Å². The Balaban J connectivity index is 2.11. The largest absolute Gasteiger partial charge is 0.335 e. The number of unbranched alkanes of at least 4 members (excludes halogenated alkanes) is 1. The third-order valence-corrected chi connectivity index (χ3v) is 3.63. The topological polar surface area (TPSA) is 67.5 Å². The summed E-state index contributed by atoms with van der Waals surface area (Å²) >= 11 is 1.59. The fourth-order valence-electron chi connectivity index (χ4n) is 1.66. The maximum Gasteiger partial charge on any atom is 0.269 e. The number of nitro groups is 1. The summed E-state index contributed by atoms with van der Waals surface area (Å²) in [4.78, 5) is 14.8. The molecule has 6 heteroatoms. The number of amidine groups is 1. The number of nitrogens with zero attached hydrogens (tertiary/aromatic N) is 2. The Morgan fingerprint density at radius 3 is 3.11 bits per heavy atom. The Labute approximate surface area is 110 Å². The highest BCUT2D eigenvalue weighted by Crippen LogP contribution is 2.31. The number of nitrogens with one attached hydrogen (secondary N) is 1. The zero-order valence-electron chi connectivity index (χ0n) is 10.2. The van der Waals surface area contributed by atoms with Gasteiger partial charge in [-0.1, -0.05) is 25.1 Å². The van der Waals surface area contributed by atoms with Gasteiger partial charge in [-0.15, -0.1) is 0 Å². The van der Waals surface area contributed by atoms with Gasteiger partial charge in [0.25, 0.3) is 5.69 Å². The van der Waals surface area contributed by atoms with Crippen molar-refractivity contribution in [1.29, 1.82) is 0 Å². The van der Waals surface area contributed by atoms with Gasteiger partial charge in [0, 0.05) is 30.1 Å². The van der Waals surface area contributed by atoms with Crippen LogP contribution >= 0.6 is 11.8 Å². The first-order valence-electron chi connectivity index (χ1n) is 5.92. The molecule has 96 valence electrons. The molecule has 1 aliphatic rings. The highest BCUT2D eigenvalue weighted by Gasteiger charge is 2.17. The van der Waals surface area contributed by atoms with Crippen LogP contribution in [0.1, 0.15) is 25.3 Å². The second-order valence-electron chi connectivity index (χ2n) is 4.05. The third-order valence-electron chi connectivity index (χ3n) is 2.67. The van der Waals surface area contributed by atoms with E-state index in [0.717, 1.165) is 41.6 Å². The van der Waals surface area contributed by atoms with Gasteiger partial charge in [0.15, 0.2) is 5.17 Å². The molecule has 1 heterocycles. The van der Waals surface area contributed by atoms with Crippen LogP contribution in [0.15, 0.2) is 23.2 Å². The van der Waals surface area contributed by atoms with Crippen molar-refractivity contribution in [3.63, 3.8) is 0 Å². The second kappa shape index (κ2) is 5.86. The molecule has 0 saturated carbocycles. The molecule has 0 aromatic heterocycles. The summed E-state index contributed by atoms with van der Waals surface area (Å²) < 4.78 is 0. The molecule has 0 bridgehead atoms. The minimum absolute atomic E-state index is 0.141. The van der Waals surface area contributed by atoms with Crippen LogP contribution in [0.5, 0.6) is 0 Å². The van der Waals surface area contributed by atoms with E-state index in [1.807, 2.05) is 0 Å². The standard InChI is InChI=1S/C12H15N3O2S/c1-2-3-6-13-12-14-11-5-4-10(15(16)17)7-9(11)8-18-12/h4-5,7H,2-3,6,8H2,1H3,(H,13,14). The molecule has 0 fully saturated rings. The van der Waals surface area contributed by atoms with Gasteiger partial charge in [0.05, 0.1) is 4.92 Å². The van der Waals surface area contributed by atoms with Crippen molar-refractivity contribution < 1.29 is 4.92 Å². The Hall–Kier alpha value is -1.56. The first kappa shape index (κ1) is 12.9. The number of aliphatic imine (C=N–C) groups is 1. The van der Waals surface area contributed by atoms with Crippen LogP contribution in [0.2, 0.25) is 0 Å². The van der Waals surface area contributed by atoms with Gasteiger partial charge in [0.2, 0.25) is 0 Å². The Morgan fingerprint density at radius 1 is 1.56 bits per heavy atom.